The Bertz CT molecular complexity index is 947. The Kier molecular flexibility index (Phi) is 56.2. The second-order valence-corrected chi connectivity index (χ2v) is 20.8. The molecule has 386 valence electrons. The van der Waals surface area contributed by atoms with E-state index in [0.29, 0.717) is 12.8 Å². The summed E-state index contributed by atoms with van der Waals surface area (Å²) in [5, 5.41) is 23.4. The number of aliphatic hydroxyl groups is 2. The lowest BCUT2D eigenvalue weighted by molar-refractivity contribution is -0.123. The fraction of sp³-hybridized carbons (Fsp3) is 0.918. The van der Waals surface area contributed by atoms with Crippen LogP contribution in [0.3, 0.4) is 0 Å². The van der Waals surface area contributed by atoms with E-state index in [1.165, 1.54) is 283 Å². The molecule has 0 spiro atoms. The van der Waals surface area contributed by atoms with Gasteiger partial charge < -0.3 is 15.5 Å². The zero-order chi connectivity index (χ0) is 47.0. The maximum absolute atomic E-state index is 12.5. The number of hydrogen-bond donors (Lipinski definition) is 3. The Morgan fingerprint density at radius 3 is 0.923 bits per heavy atom. The largest absolute Gasteiger partial charge is 0.394 e. The summed E-state index contributed by atoms with van der Waals surface area (Å²) >= 11 is 0. The van der Waals surface area contributed by atoms with E-state index in [4.69, 9.17) is 0 Å². The molecule has 0 rings (SSSR count). The fourth-order valence-electron chi connectivity index (χ4n) is 9.63. The summed E-state index contributed by atoms with van der Waals surface area (Å²) in [6.07, 6.45) is 76.1. The minimum atomic E-state index is -0.658. The van der Waals surface area contributed by atoms with Gasteiger partial charge in [0.25, 0.3) is 0 Å². The van der Waals surface area contributed by atoms with Crippen LogP contribution in [0.5, 0.6) is 0 Å². The summed E-state index contributed by atoms with van der Waals surface area (Å²) in [7, 11) is 0. The molecule has 0 radical (unpaired) electrons. The van der Waals surface area contributed by atoms with E-state index >= 15 is 0 Å². The van der Waals surface area contributed by atoms with Crippen molar-refractivity contribution in [2.24, 2.45) is 0 Å². The van der Waals surface area contributed by atoms with Crippen LogP contribution in [0.2, 0.25) is 0 Å². The topological polar surface area (TPSA) is 69.6 Å². The van der Waals surface area contributed by atoms with Crippen molar-refractivity contribution in [1.82, 2.24) is 5.32 Å². The lowest BCUT2D eigenvalue weighted by Crippen LogP contribution is -2.45. The molecule has 1 amide bonds. The van der Waals surface area contributed by atoms with E-state index in [2.05, 4.69) is 43.5 Å². The van der Waals surface area contributed by atoms with E-state index in [0.717, 1.165) is 32.1 Å². The Morgan fingerprint density at radius 1 is 0.369 bits per heavy atom. The first-order chi connectivity index (χ1) is 32.2. The highest BCUT2D eigenvalue weighted by atomic mass is 16.3. The van der Waals surface area contributed by atoms with E-state index in [-0.39, 0.29) is 12.5 Å². The van der Waals surface area contributed by atoms with Crippen molar-refractivity contribution in [1.29, 1.82) is 0 Å². The number of allylic oxidation sites excluding steroid dienone is 4. The minimum absolute atomic E-state index is 0.0240. The number of unbranched alkanes of at least 4 members (excludes halogenated alkanes) is 45. The third-order valence-electron chi connectivity index (χ3n) is 14.2. The first kappa shape index (κ1) is 63.9. The predicted molar refractivity (Wildman–Crippen MR) is 290 cm³/mol. The van der Waals surface area contributed by atoms with Crippen LogP contribution in [0, 0.1) is 0 Å². The van der Waals surface area contributed by atoms with Gasteiger partial charge in [-0.05, 0) is 44.9 Å². The van der Waals surface area contributed by atoms with Crippen LogP contribution in [0.25, 0.3) is 0 Å². The Hall–Kier alpha value is -1.13. The van der Waals surface area contributed by atoms with E-state index in [1.807, 2.05) is 0 Å². The van der Waals surface area contributed by atoms with Gasteiger partial charge in [0.05, 0.1) is 18.8 Å². The van der Waals surface area contributed by atoms with Gasteiger partial charge >= 0.3 is 0 Å². The van der Waals surface area contributed by atoms with Gasteiger partial charge in [0.15, 0.2) is 0 Å². The van der Waals surface area contributed by atoms with E-state index in [9.17, 15) is 15.0 Å². The van der Waals surface area contributed by atoms with Crippen molar-refractivity contribution in [3.05, 3.63) is 24.3 Å². The molecular formula is C61H119NO3. The summed E-state index contributed by atoms with van der Waals surface area (Å²) in [6, 6.07) is -0.534. The highest BCUT2D eigenvalue weighted by Crippen LogP contribution is 2.18. The number of carbonyl (C=O) groups excluding carboxylic acids is 1. The molecule has 0 aliphatic heterocycles. The van der Waals surface area contributed by atoms with Crippen molar-refractivity contribution < 1.29 is 15.0 Å². The molecule has 0 saturated heterocycles. The van der Waals surface area contributed by atoms with Gasteiger partial charge in [0, 0.05) is 6.42 Å². The second kappa shape index (κ2) is 57.2. The van der Waals surface area contributed by atoms with E-state index in [1.54, 1.807) is 0 Å². The van der Waals surface area contributed by atoms with Crippen LogP contribution in [-0.2, 0) is 4.79 Å². The van der Waals surface area contributed by atoms with Crippen LogP contribution < -0.4 is 5.32 Å². The van der Waals surface area contributed by atoms with Crippen LogP contribution >= 0.6 is 0 Å². The summed E-state index contributed by atoms with van der Waals surface area (Å²) in [4.78, 5) is 12.5. The molecule has 0 heterocycles. The van der Waals surface area contributed by atoms with Crippen LogP contribution in [-0.4, -0.2) is 34.9 Å². The molecule has 2 unspecified atom stereocenters. The van der Waals surface area contributed by atoms with E-state index < -0.39 is 12.1 Å². The molecule has 0 aliphatic rings. The van der Waals surface area contributed by atoms with Crippen molar-refractivity contribution in [2.75, 3.05) is 6.61 Å². The molecule has 4 nitrogen and oxygen atoms in total. The third kappa shape index (κ3) is 53.7. The van der Waals surface area contributed by atoms with Gasteiger partial charge in [-0.2, -0.15) is 0 Å². The average Bonchev–Trinajstić information content (AvgIpc) is 3.31. The number of carbonyl (C=O) groups is 1. The highest BCUT2D eigenvalue weighted by molar-refractivity contribution is 5.76. The minimum Gasteiger partial charge on any atom is -0.394 e. The first-order valence-electron chi connectivity index (χ1n) is 30.0. The van der Waals surface area contributed by atoms with Gasteiger partial charge in [0.1, 0.15) is 0 Å². The summed E-state index contributed by atoms with van der Waals surface area (Å²) in [5.41, 5.74) is 0. The lowest BCUT2D eigenvalue weighted by Gasteiger charge is -2.22. The molecule has 0 aromatic rings. The maximum atomic E-state index is 12.5. The number of nitrogens with one attached hydrogen (secondary N) is 1. The highest BCUT2D eigenvalue weighted by Gasteiger charge is 2.20. The number of hydrogen-bond acceptors (Lipinski definition) is 3. The van der Waals surface area contributed by atoms with Crippen LogP contribution in [0.15, 0.2) is 24.3 Å². The van der Waals surface area contributed by atoms with Crippen molar-refractivity contribution in [3.63, 3.8) is 0 Å². The van der Waals surface area contributed by atoms with Crippen molar-refractivity contribution >= 4 is 5.91 Å². The molecule has 0 aliphatic carbocycles. The average molecular weight is 915 g/mol. The number of rotatable bonds is 56. The van der Waals surface area contributed by atoms with Gasteiger partial charge in [-0.15, -0.1) is 0 Å². The number of aliphatic hydroxyl groups excluding tert-OH is 2. The Balaban J connectivity index is 3.41. The predicted octanol–water partition coefficient (Wildman–Crippen LogP) is 19.9. The van der Waals surface area contributed by atoms with Crippen molar-refractivity contribution in [3.8, 4) is 0 Å². The third-order valence-corrected chi connectivity index (χ3v) is 14.2. The molecule has 4 heteroatoms. The monoisotopic (exact) mass is 914 g/mol. The van der Waals surface area contributed by atoms with Gasteiger partial charge in [-0.25, -0.2) is 0 Å². The van der Waals surface area contributed by atoms with Crippen molar-refractivity contribution in [2.45, 2.75) is 353 Å². The van der Waals surface area contributed by atoms with Gasteiger partial charge in [0.2, 0.25) is 5.91 Å². The fourth-order valence-corrected chi connectivity index (χ4v) is 9.63. The SMILES string of the molecule is CCCCCCC/C=C\C/C=C\CCCCCCCCCCCCCCCCCCCCCC(=O)NC(CO)C(O)CCCCCCCCCCCCCCCCCCCCCCCC. The lowest BCUT2D eigenvalue weighted by atomic mass is 10.0. The Morgan fingerprint density at radius 2 is 0.631 bits per heavy atom. The summed E-state index contributed by atoms with van der Waals surface area (Å²) in [5.74, 6) is -0.0240. The standard InChI is InChI=1S/C61H119NO3/c1-3-5-7-9-11-13-15-17-19-21-23-25-27-28-29-30-31-32-33-34-35-37-39-41-43-45-47-49-51-53-55-57-61(65)62-59(58-63)60(64)56-54-52-50-48-46-44-42-40-38-36-26-24-22-20-18-16-14-12-10-8-6-4-2/h15,17,21,23,59-60,63-64H,3-14,16,18-20,22,24-58H2,1-2H3,(H,62,65)/b17-15-,23-21-. The molecule has 0 aromatic heterocycles. The molecule has 2 atom stereocenters. The molecule has 65 heavy (non-hydrogen) atoms. The number of amides is 1. The van der Waals surface area contributed by atoms with Crippen LogP contribution in [0.1, 0.15) is 341 Å². The second-order valence-electron chi connectivity index (χ2n) is 20.8. The van der Waals surface area contributed by atoms with Gasteiger partial charge in [-0.3, -0.25) is 4.79 Å². The molecule has 3 N–H and O–H groups in total. The molecule has 0 saturated carbocycles. The molecule has 0 bridgehead atoms. The smallest absolute Gasteiger partial charge is 0.220 e. The zero-order valence-corrected chi connectivity index (χ0v) is 44.5. The zero-order valence-electron chi connectivity index (χ0n) is 44.5. The molecular weight excluding hydrogens is 795 g/mol. The Labute approximate surface area is 409 Å². The summed E-state index contributed by atoms with van der Waals surface area (Å²) in [6.45, 7) is 4.39. The van der Waals surface area contributed by atoms with Crippen LogP contribution in [0.4, 0.5) is 0 Å². The quantitative estimate of drug-likeness (QED) is 0.0421. The van der Waals surface area contributed by atoms with Gasteiger partial charge in [-0.1, -0.05) is 314 Å². The molecule has 0 aromatic carbocycles. The maximum Gasteiger partial charge on any atom is 0.220 e. The normalized spacial score (nSPS) is 12.9. The summed E-state index contributed by atoms with van der Waals surface area (Å²) < 4.78 is 0. The first-order valence-corrected chi connectivity index (χ1v) is 30.0. The molecule has 0 fully saturated rings.